The van der Waals surface area contributed by atoms with Crippen molar-refractivity contribution in [2.45, 2.75) is 52.6 Å². The van der Waals surface area contributed by atoms with Crippen molar-refractivity contribution >= 4 is 11.8 Å². The van der Waals surface area contributed by atoms with Crippen molar-refractivity contribution < 1.29 is 9.59 Å². The maximum atomic E-state index is 11.8. The predicted octanol–water partition coefficient (Wildman–Crippen LogP) is 1.06. The summed E-state index contributed by atoms with van der Waals surface area (Å²) in [6, 6.07) is -0.714. The van der Waals surface area contributed by atoms with Crippen molar-refractivity contribution in [2.24, 2.45) is 11.8 Å². The van der Waals surface area contributed by atoms with Crippen molar-refractivity contribution in [1.82, 2.24) is 10.6 Å². The summed E-state index contributed by atoms with van der Waals surface area (Å²) >= 11 is 0. The standard InChI is InChI=1S/C12H22N2O2/c1-5-8(4)10-12(16)13-9(6-7(2)3)11(15)14-10/h7-10H,5-6H2,1-4H3,(H,13,16)(H,14,15). The zero-order valence-electron chi connectivity index (χ0n) is 10.5. The predicted molar refractivity (Wildman–Crippen MR) is 62.8 cm³/mol. The molecular weight excluding hydrogens is 204 g/mol. The highest BCUT2D eigenvalue weighted by Gasteiger charge is 2.35. The van der Waals surface area contributed by atoms with Crippen LogP contribution in [-0.2, 0) is 9.59 Å². The third kappa shape index (κ3) is 2.97. The van der Waals surface area contributed by atoms with Crippen LogP contribution < -0.4 is 10.6 Å². The lowest BCUT2D eigenvalue weighted by molar-refractivity contribution is -0.138. The van der Waals surface area contributed by atoms with E-state index >= 15 is 0 Å². The van der Waals surface area contributed by atoms with Crippen molar-refractivity contribution in [3.63, 3.8) is 0 Å². The average molecular weight is 226 g/mol. The van der Waals surface area contributed by atoms with Crippen molar-refractivity contribution in [1.29, 1.82) is 0 Å². The summed E-state index contributed by atoms with van der Waals surface area (Å²) < 4.78 is 0. The summed E-state index contributed by atoms with van der Waals surface area (Å²) in [6.45, 7) is 8.08. The molecule has 0 spiro atoms. The molecule has 1 aliphatic heterocycles. The smallest absolute Gasteiger partial charge is 0.243 e. The molecule has 0 saturated carbocycles. The molecule has 0 bridgehead atoms. The first kappa shape index (κ1) is 13.0. The molecule has 1 rings (SSSR count). The zero-order chi connectivity index (χ0) is 12.3. The fourth-order valence-electron chi connectivity index (χ4n) is 1.92. The van der Waals surface area contributed by atoms with E-state index in [9.17, 15) is 9.59 Å². The number of rotatable bonds is 4. The number of nitrogens with one attached hydrogen (secondary N) is 2. The molecule has 0 radical (unpaired) electrons. The van der Waals surface area contributed by atoms with E-state index in [2.05, 4.69) is 10.6 Å². The highest BCUT2D eigenvalue weighted by atomic mass is 16.2. The number of carbonyl (C=O) groups is 2. The van der Waals surface area contributed by atoms with Gasteiger partial charge in [0.15, 0.2) is 0 Å². The van der Waals surface area contributed by atoms with Crippen LogP contribution in [0.15, 0.2) is 0 Å². The summed E-state index contributed by atoms with van der Waals surface area (Å²) in [6.07, 6.45) is 1.58. The Hall–Kier alpha value is -1.06. The van der Waals surface area contributed by atoms with Gasteiger partial charge in [0.05, 0.1) is 0 Å². The molecule has 3 atom stereocenters. The van der Waals surface area contributed by atoms with E-state index in [4.69, 9.17) is 0 Å². The lowest BCUT2D eigenvalue weighted by Crippen LogP contribution is -2.63. The van der Waals surface area contributed by atoms with E-state index in [1.807, 2.05) is 27.7 Å². The Kier molecular flexibility index (Phi) is 4.33. The van der Waals surface area contributed by atoms with E-state index in [1.165, 1.54) is 0 Å². The molecule has 1 heterocycles. The van der Waals surface area contributed by atoms with Gasteiger partial charge in [0, 0.05) is 0 Å². The van der Waals surface area contributed by atoms with Crippen LogP contribution in [0.5, 0.6) is 0 Å². The Bertz CT molecular complexity index is 276. The molecule has 3 unspecified atom stereocenters. The van der Waals surface area contributed by atoms with Crippen LogP contribution in [0.1, 0.15) is 40.5 Å². The Morgan fingerprint density at radius 1 is 1.12 bits per heavy atom. The first-order valence-corrected chi connectivity index (χ1v) is 6.06. The summed E-state index contributed by atoms with van der Waals surface area (Å²) in [5.74, 6) is 0.498. The molecule has 1 aliphatic rings. The van der Waals surface area contributed by atoms with Crippen LogP contribution >= 0.6 is 0 Å². The average Bonchev–Trinajstić information content (AvgIpc) is 2.21. The second-order valence-corrected chi connectivity index (χ2v) is 5.06. The van der Waals surface area contributed by atoms with Crippen LogP contribution in [0.25, 0.3) is 0 Å². The third-order valence-corrected chi connectivity index (χ3v) is 3.13. The minimum Gasteiger partial charge on any atom is -0.343 e. The molecule has 4 heteroatoms. The Balaban J connectivity index is 2.63. The first-order valence-electron chi connectivity index (χ1n) is 6.06. The number of piperazine rings is 1. The van der Waals surface area contributed by atoms with Gasteiger partial charge in [-0.05, 0) is 18.3 Å². The van der Waals surface area contributed by atoms with Gasteiger partial charge in [-0.15, -0.1) is 0 Å². The lowest BCUT2D eigenvalue weighted by atomic mass is 9.93. The van der Waals surface area contributed by atoms with Crippen molar-refractivity contribution in [2.75, 3.05) is 0 Å². The van der Waals surface area contributed by atoms with Gasteiger partial charge in [-0.3, -0.25) is 9.59 Å². The molecule has 1 saturated heterocycles. The monoisotopic (exact) mass is 226 g/mol. The maximum absolute atomic E-state index is 11.8. The molecule has 0 aromatic rings. The van der Waals surface area contributed by atoms with E-state index in [0.29, 0.717) is 12.3 Å². The van der Waals surface area contributed by atoms with Crippen molar-refractivity contribution in [3.8, 4) is 0 Å². The van der Waals surface area contributed by atoms with E-state index in [1.54, 1.807) is 0 Å². The molecule has 2 N–H and O–H groups in total. The fraction of sp³-hybridized carbons (Fsp3) is 0.833. The summed E-state index contributed by atoms with van der Waals surface area (Å²) in [5.41, 5.74) is 0. The number of hydrogen-bond donors (Lipinski definition) is 2. The van der Waals surface area contributed by atoms with Crippen LogP contribution in [0, 0.1) is 11.8 Å². The molecule has 92 valence electrons. The molecule has 16 heavy (non-hydrogen) atoms. The number of carbonyl (C=O) groups excluding carboxylic acids is 2. The largest absolute Gasteiger partial charge is 0.343 e. The van der Waals surface area contributed by atoms with E-state index in [0.717, 1.165) is 6.42 Å². The maximum Gasteiger partial charge on any atom is 0.243 e. The lowest BCUT2D eigenvalue weighted by Gasteiger charge is -2.33. The molecule has 0 aromatic carbocycles. The van der Waals surface area contributed by atoms with Gasteiger partial charge in [-0.2, -0.15) is 0 Å². The van der Waals surface area contributed by atoms with Gasteiger partial charge in [0.2, 0.25) is 11.8 Å². The van der Waals surface area contributed by atoms with Gasteiger partial charge in [-0.25, -0.2) is 0 Å². The molecule has 1 fully saturated rings. The zero-order valence-corrected chi connectivity index (χ0v) is 10.5. The Morgan fingerprint density at radius 2 is 1.75 bits per heavy atom. The van der Waals surface area contributed by atoms with Gasteiger partial charge in [-0.1, -0.05) is 34.1 Å². The minimum absolute atomic E-state index is 0.0420. The van der Waals surface area contributed by atoms with Crippen molar-refractivity contribution in [3.05, 3.63) is 0 Å². The van der Waals surface area contributed by atoms with Gasteiger partial charge in [0.1, 0.15) is 12.1 Å². The van der Waals surface area contributed by atoms with Crippen LogP contribution in [0.2, 0.25) is 0 Å². The number of amides is 2. The highest BCUT2D eigenvalue weighted by molar-refractivity contribution is 5.97. The quantitative estimate of drug-likeness (QED) is 0.753. The van der Waals surface area contributed by atoms with E-state index < -0.39 is 0 Å². The minimum atomic E-state index is -0.360. The second kappa shape index (κ2) is 5.32. The topological polar surface area (TPSA) is 58.2 Å². The van der Waals surface area contributed by atoms with Crippen LogP contribution in [-0.4, -0.2) is 23.9 Å². The molecule has 0 aliphatic carbocycles. The van der Waals surface area contributed by atoms with Crippen LogP contribution in [0.4, 0.5) is 0 Å². The molecule has 0 aromatic heterocycles. The van der Waals surface area contributed by atoms with Gasteiger partial charge < -0.3 is 10.6 Å². The van der Waals surface area contributed by atoms with E-state index in [-0.39, 0.29) is 29.8 Å². The van der Waals surface area contributed by atoms with Gasteiger partial charge in [0.25, 0.3) is 0 Å². The third-order valence-electron chi connectivity index (χ3n) is 3.13. The summed E-state index contributed by atoms with van der Waals surface area (Å²) in [7, 11) is 0. The normalized spacial score (nSPS) is 27.6. The summed E-state index contributed by atoms with van der Waals surface area (Å²) in [4.78, 5) is 23.6. The first-order chi connectivity index (χ1) is 7.45. The van der Waals surface area contributed by atoms with Crippen LogP contribution in [0.3, 0.4) is 0 Å². The van der Waals surface area contributed by atoms with Gasteiger partial charge >= 0.3 is 0 Å². The summed E-state index contributed by atoms with van der Waals surface area (Å²) in [5, 5.41) is 5.63. The Labute approximate surface area is 97.2 Å². The second-order valence-electron chi connectivity index (χ2n) is 5.06. The Morgan fingerprint density at radius 3 is 2.25 bits per heavy atom. The molecule has 4 nitrogen and oxygen atoms in total. The highest BCUT2D eigenvalue weighted by Crippen LogP contribution is 2.14. The molecule has 2 amide bonds. The SMILES string of the molecule is CCC(C)C1NC(=O)C(CC(C)C)NC1=O. The number of hydrogen-bond acceptors (Lipinski definition) is 2. The molecular formula is C12H22N2O2. The fourth-order valence-corrected chi connectivity index (χ4v) is 1.92.